The van der Waals surface area contributed by atoms with Gasteiger partial charge in [-0.15, -0.1) is 11.3 Å². The van der Waals surface area contributed by atoms with E-state index in [1.165, 1.54) is 11.3 Å². The van der Waals surface area contributed by atoms with E-state index in [4.69, 9.17) is 4.74 Å². The minimum atomic E-state index is -1.13. The van der Waals surface area contributed by atoms with Gasteiger partial charge in [-0.3, -0.25) is 0 Å². The number of thiophene rings is 1. The summed E-state index contributed by atoms with van der Waals surface area (Å²) in [6.45, 7) is 4.25. The first-order valence-electron chi connectivity index (χ1n) is 4.49. The second-order valence-electron chi connectivity index (χ2n) is 3.44. The molecule has 1 heterocycles. The second kappa shape index (κ2) is 5.12. The lowest BCUT2D eigenvalue weighted by atomic mass is 10.2. The van der Waals surface area contributed by atoms with Crippen molar-refractivity contribution in [2.45, 2.75) is 20.0 Å². The summed E-state index contributed by atoms with van der Waals surface area (Å²) in [7, 11) is 0. The number of hydrogen-bond donors (Lipinski definition) is 1. The van der Waals surface area contributed by atoms with E-state index in [9.17, 15) is 9.90 Å². The van der Waals surface area contributed by atoms with Gasteiger partial charge in [0.2, 0.25) is 0 Å². The zero-order valence-electron chi connectivity index (χ0n) is 8.27. The van der Waals surface area contributed by atoms with Crippen molar-refractivity contribution in [2.75, 3.05) is 6.61 Å². The van der Waals surface area contributed by atoms with Crippen LogP contribution in [0.5, 0.6) is 0 Å². The summed E-state index contributed by atoms with van der Waals surface area (Å²) >= 11 is 1.34. The fourth-order valence-corrected chi connectivity index (χ4v) is 1.59. The zero-order valence-corrected chi connectivity index (χ0v) is 9.08. The number of esters is 1. The molecule has 0 amide bonds. The van der Waals surface area contributed by atoms with E-state index in [-0.39, 0.29) is 5.92 Å². The molecule has 78 valence electrons. The van der Waals surface area contributed by atoms with Crippen molar-refractivity contribution >= 4 is 17.3 Å². The average Bonchev–Trinajstić information content (AvgIpc) is 2.65. The summed E-state index contributed by atoms with van der Waals surface area (Å²) in [6, 6.07) is 3.50. The molecule has 0 aliphatic carbocycles. The van der Waals surface area contributed by atoms with Crippen LogP contribution in [-0.2, 0) is 9.53 Å². The molecule has 0 spiro atoms. The van der Waals surface area contributed by atoms with Crippen molar-refractivity contribution in [3.05, 3.63) is 22.4 Å². The predicted octanol–water partition coefficient (Wildman–Crippen LogP) is 1.98. The highest BCUT2D eigenvalue weighted by Crippen LogP contribution is 2.19. The molecule has 1 atom stereocenters. The van der Waals surface area contributed by atoms with Gasteiger partial charge in [-0.2, -0.15) is 0 Å². The first-order chi connectivity index (χ1) is 6.61. The number of aliphatic hydroxyl groups excluding tert-OH is 1. The molecule has 1 aromatic rings. The van der Waals surface area contributed by atoms with Crippen molar-refractivity contribution in [3.8, 4) is 0 Å². The Morgan fingerprint density at radius 3 is 2.86 bits per heavy atom. The fraction of sp³-hybridized carbons (Fsp3) is 0.500. The monoisotopic (exact) mass is 214 g/mol. The largest absolute Gasteiger partial charge is 0.463 e. The molecule has 0 saturated carbocycles. The molecule has 0 radical (unpaired) electrons. The van der Waals surface area contributed by atoms with E-state index in [0.717, 1.165) is 0 Å². The highest BCUT2D eigenvalue weighted by Gasteiger charge is 2.19. The number of ether oxygens (including phenoxy) is 1. The summed E-state index contributed by atoms with van der Waals surface area (Å²) in [6.07, 6.45) is -1.13. The van der Waals surface area contributed by atoms with Crippen LogP contribution < -0.4 is 0 Å². The van der Waals surface area contributed by atoms with Crippen LogP contribution in [0, 0.1) is 5.92 Å². The van der Waals surface area contributed by atoms with E-state index < -0.39 is 12.1 Å². The SMILES string of the molecule is CC(C)COC(=O)C(O)c1cccs1. The molecule has 1 unspecified atom stereocenters. The van der Waals surface area contributed by atoms with Gasteiger partial charge in [0.15, 0.2) is 6.10 Å². The van der Waals surface area contributed by atoms with E-state index in [1.54, 1.807) is 12.1 Å². The summed E-state index contributed by atoms with van der Waals surface area (Å²) in [5, 5.41) is 11.3. The van der Waals surface area contributed by atoms with Gasteiger partial charge in [0.1, 0.15) is 0 Å². The minimum Gasteiger partial charge on any atom is -0.463 e. The standard InChI is InChI=1S/C10H14O3S/c1-7(2)6-13-10(12)9(11)8-4-3-5-14-8/h3-5,7,9,11H,6H2,1-2H3. The molecular formula is C10H14O3S. The molecule has 0 bridgehead atoms. The van der Waals surface area contributed by atoms with Gasteiger partial charge < -0.3 is 9.84 Å². The Morgan fingerprint density at radius 2 is 2.36 bits per heavy atom. The number of aliphatic hydroxyl groups is 1. The van der Waals surface area contributed by atoms with Gasteiger partial charge in [0.05, 0.1) is 6.61 Å². The maximum atomic E-state index is 11.3. The molecule has 3 nitrogen and oxygen atoms in total. The van der Waals surface area contributed by atoms with Gasteiger partial charge >= 0.3 is 5.97 Å². The van der Waals surface area contributed by atoms with E-state index in [1.807, 2.05) is 19.2 Å². The predicted molar refractivity (Wildman–Crippen MR) is 55.1 cm³/mol. The highest BCUT2D eigenvalue weighted by atomic mass is 32.1. The van der Waals surface area contributed by atoms with E-state index in [2.05, 4.69) is 0 Å². The molecule has 0 fully saturated rings. The molecule has 0 aromatic carbocycles. The normalized spacial score (nSPS) is 12.9. The Labute approximate surface area is 87.3 Å². The van der Waals surface area contributed by atoms with Crippen LogP contribution in [0.4, 0.5) is 0 Å². The second-order valence-corrected chi connectivity index (χ2v) is 4.42. The van der Waals surface area contributed by atoms with Crippen molar-refractivity contribution in [1.29, 1.82) is 0 Å². The Balaban J connectivity index is 2.45. The molecule has 0 aliphatic rings. The first-order valence-corrected chi connectivity index (χ1v) is 5.37. The molecule has 1 aromatic heterocycles. The summed E-state index contributed by atoms with van der Waals surface area (Å²) in [5.41, 5.74) is 0. The third-order valence-electron chi connectivity index (χ3n) is 1.59. The highest BCUT2D eigenvalue weighted by molar-refractivity contribution is 7.10. The third-order valence-corrected chi connectivity index (χ3v) is 2.52. The Bertz CT molecular complexity index is 280. The molecule has 1 rings (SSSR count). The first kappa shape index (κ1) is 11.2. The molecule has 1 N–H and O–H groups in total. The van der Waals surface area contributed by atoms with Crippen LogP contribution in [0.1, 0.15) is 24.8 Å². The fourth-order valence-electron chi connectivity index (χ4n) is 0.891. The number of hydrogen-bond acceptors (Lipinski definition) is 4. The molecule has 14 heavy (non-hydrogen) atoms. The molecule has 4 heteroatoms. The number of rotatable bonds is 4. The lowest BCUT2D eigenvalue weighted by molar-refractivity contribution is -0.154. The summed E-state index contributed by atoms with van der Waals surface area (Å²) in [4.78, 5) is 11.9. The average molecular weight is 214 g/mol. The number of carbonyl (C=O) groups excluding carboxylic acids is 1. The van der Waals surface area contributed by atoms with Gasteiger partial charge in [0.25, 0.3) is 0 Å². The summed E-state index contributed by atoms with van der Waals surface area (Å²) < 4.78 is 4.91. The Morgan fingerprint density at radius 1 is 1.64 bits per heavy atom. The van der Waals surface area contributed by atoms with Crippen LogP contribution in [0.2, 0.25) is 0 Å². The van der Waals surface area contributed by atoms with E-state index in [0.29, 0.717) is 11.5 Å². The maximum absolute atomic E-state index is 11.3. The van der Waals surface area contributed by atoms with Crippen molar-refractivity contribution in [2.24, 2.45) is 5.92 Å². The minimum absolute atomic E-state index is 0.287. The third kappa shape index (κ3) is 3.12. The van der Waals surface area contributed by atoms with E-state index >= 15 is 0 Å². The molecule has 0 aliphatic heterocycles. The van der Waals surface area contributed by atoms with Crippen molar-refractivity contribution < 1.29 is 14.6 Å². The smallest absolute Gasteiger partial charge is 0.340 e. The van der Waals surface area contributed by atoms with Crippen LogP contribution in [-0.4, -0.2) is 17.7 Å². The van der Waals surface area contributed by atoms with Crippen molar-refractivity contribution in [1.82, 2.24) is 0 Å². The van der Waals surface area contributed by atoms with Gasteiger partial charge in [-0.05, 0) is 17.4 Å². The zero-order chi connectivity index (χ0) is 10.6. The topological polar surface area (TPSA) is 46.5 Å². The maximum Gasteiger partial charge on any atom is 0.340 e. The van der Waals surface area contributed by atoms with Crippen LogP contribution in [0.3, 0.4) is 0 Å². The molecule has 0 saturated heterocycles. The quantitative estimate of drug-likeness (QED) is 0.779. The Hall–Kier alpha value is -0.870. The number of carbonyl (C=O) groups is 1. The Kier molecular flexibility index (Phi) is 4.10. The van der Waals surface area contributed by atoms with Crippen LogP contribution >= 0.6 is 11.3 Å². The van der Waals surface area contributed by atoms with Crippen LogP contribution in [0.15, 0.2) is 17.5 Å². The van der Waals surface area contributed by atoms with Gasteiger partial charge in [-0.1, -0.05) is 19.9 Å². The summed E-state index contributed by atoms with van der Waals surface area (Å²) in [5.74, 6) is -0.282. The van der Waals surface area contributed by atoms with Gasteiger partial charge in [-0.25, -0.2) is 4.79 Å². The van der Waals surface area contributed by atoms with Crippen molar-refractivity contribution in [3.63, 3.8) is 0 Å². The lowest BCUT2D eigenvalue weighted by Gasteiger charge is -2.10. The lowest BCUT2D eigenvalue weighted by Crippen LogP contribution is -2.17. The van der Waals surface area contributed by atoms with Gasteiger partial charge in [0, 0.05) is 4.88 Å². The van der Waals surface area contributed by atoms with Crippen LogP contribution in [0.25, 0.3) is 0 Å². The molecular weight excluding hydrogens is 200 g/mol.